The topological polar surface area (TPSA) is 107 Å². The molecule has 42 heavy (non-hydrogen) atoms. The summed E-state index contributed by atoms with van der Waals surface area (Å²) in [6, 6.07) is 25.9. The number of hydrogen-bond acceptors (Lipinski definition) is 9. The standard InChI is InChI=1S/C22H26O6.C11H14O3/c1-21(2,27-25-19(23)17-11-7-5-8-12-17)15-16-22(3,4)28-26-20(24)18-13-9-6-10-14-18;1-11(2,3)14-13-10(12)9-7-5-4-6-8-9/h5-14H,15-16H2,1-4H3;4-8H,1-3H3. The summed E-state index contributed by atoms with van der Waals surface area (Å²) in [5.41, 5.74) is -0.658. The minimum Gasteiger partial charge on any atom is -0.292 e. The van der Waals surface area contributed by atoms with Gasteiger partial charge in [0.05, 0.1) is 16.7 Å². The zero-order valence-corrected chi connectivity index (χ0v) is 25.2. The third kappa shape index (κ3) is 13.5. The van der Waals surface area contributed by atoms with Crippen molar-refractivity contribution in [2.45, 2.75) is 78.1 Å². The molecule has 0 fully saturated rings. The maximum absolute atomic E-state index is 12.0. The maximum Gasteiger partial charge on any atom is 0.373 e. The number of carbonyl (C=O) groups excluding carboxylic acids is 3. The lowest BCUT2D eigenvalue weighted by molar-refractivity contribution is -0.325. The number of hydrogen-bond donors (Lipinski definition) is 0. The third-order valence-electron chi connectivity index (χ3n) is 5.41. The van der Waals surface area contributed by atoms with Gasteiger partial charge >= 0.3 is 17.9 Å². The van der Waals surface area contributed by atoms with Gasteiger partial charge in [-0.25, -0.2) is 14.4 Å². The van der Waals surface area contributed by atoms with Gasteiger partial charge in [-0.2, -0.15) is 14.7 Å². The first-order valence-electron chi connectivity index (χ1n) is 13.5. The molecule has 3 rings (SSSR count). The van der Waals surface area contributed by atoms with Crippen molar-refractivity contribution in [3.8, 4) is 0 Å². The van der Waals surface area contributed by atoms with Crippen LogP contribution < -0.4 is 0 Å². The van der Waals surface area contributed by atoms with E-state index in [1.807, 2.05) is 39.0 Å². The summed E-state index contributed by atoms with van der Waals surface area (Å²) in [6.07, 6.45) is 1.01. The molecular weight excluding hydrogens is 540 g/mol. The molecule has 0 saturated carbocycles. The molecule has 226 valence electrons. The highest BCUT2D eigenvalue weighted by molar-refractivity contribution is 5.89. The highest BCUT2D eigenvalue weighted by Gasteiger charge is 2.30. The average molecular weight is 581 g/mol. The molecule has 0 unspecified atom stereocenters. The van der Waals surface area contributed by atoms with Gasteiger partial charge in [0.1, 0.15) is 16.8 Å². The minimum atomic E-state index is -0.742. The molecule has 9 heteroatoms. The van der Waals surface area contributed by atoms with Gasteiger partial charge in [-0.3, -0.25) is 14.7 Å². The van der Waals surface area contributed by atoms with Crippen molar-refractivity contribution in [1.29, 1.82) is 0 Å². The van der Waals surface area contributed by atoms with Gasteiger partial charge in [0, 0.05) is 0 Å². The van der Waals surface area contributed by atoms with Crippen molar-refractivity contribution in [2.75, 3.05) is 0 Å². The monoisotopic (exact) mass is 580 g/mol. The van der Waals surface area contributed by atoms with Crippen molar-refractivity contribution in [3.05, 3.63) is 108 Å². The third-order valence-corrected chi connectivity index (χ3v) is 5.41. The molecule has 0 aromatic heterocycles. The molecule has 9 nitrogen and oxygen atoms in total. The highest BCUT2D eigenvalue weighted by atomic mass is 17.2. The van der Waals surface area contributed by atoms with Crippen LogP contribution in [0.2, 0.25) is 0 Å². The second-order valence-corrected chi connectivity index (χ2v) is 11.6. The molecule has 0 saturated heterocycles. The van der Waals surface area contributed by atoms with Gasteiger partial charge in [-0.05, 0) is 97.7 Å². The average Bonchev–Trinajstić information content (AvgIpc) is 2.98. The molecule has 3 aromatic rings. The SMILES string of the molecule is CC(C)(C)OOC(=O)c1ccccc1.CC(C)(CCC(C)(C)OOC(=O)c1ccccc1)OOC(=O)c1ccccc1. The zero-order valence-electron chi connectivity index (χ0n) is 25.2. The molecule has 0 spiro atoms. The van der Waals surface area contributed by atoms with E-state index in [2.05, 4.69) is 4.89 Å². The summed E-state index contributed by atoms with van der Waals surface area (Å²) in [7, 11) is 0. The van der Waals surface area contributed by atoms with Gasteiger partial charge in [-0.15, -0.1) is 0 Å². The fourth-order valence-corrected chi connectivity index (χ4v) is 3.02. The molecule has 0 N–H and O–H groups in total. The number of benzene rings is 3. The van der Waals surface area contributed by atoms with Crippen molar-refractivity contribution >= 4 is 17.9 Å². The van der Waals surface area contributed by atoms with Crippen LogP contribution in [-0.2, 0) is 29.3 Å². The van der Waals surface area contributed by atoms with Crippen molar-refractivity contribution in [2.24, 2.45) is 0 Å². The van der Waals surface area contributed by atoms with Gasteiger partial charge in [-0.1, -0.05) is 54.6 Å². The molecule has 0 atom stereocenters. The minimum absolute atomic E-state index is 0.412. The lowest BCUT2D eigenvalue weighted by Gasteiger charge is -2.28. The maximum atomic E-state index is 12.0. The Hall–Kier alpha value is -4.05. The van der Waals surface area contributed by atoms with Crippen LogP contribution in [0.4, 0.5) is 0 Å². The second kappa shape index (κ2) is 15.8. The van der Waals surface area contributed by atoms with E-state index in [1.54, 1.807) is 100 Å². The molecular formula is C33H40O9. The van der Waals surface area contributed by atoms with Crippen LogP contribution in [-0.4, -0.2) is 34.7 Å². The van der Waals surface area contributed by atoms with E-state index in [4.69, 9.17) is 24.4 Å². The largest absolute Gasteiger partial charge is 0.373 e. The summed E-state index contributed by atoms with van der Waals surface area (Å²) in [6.45, 7) is 12.6. The highest BCUT2D eigenvalue weighted by Crippen LogP contribution is 2.26. The Morgan fingerprint density at radius 1 is 0.452 bits per heavy atom. The van der Waals surface area contributed by atoms with Crippen LogP contribution in [0.5, 0.6) is 0 Å². The number of rotatable bonds is 11. The summed E-state index contributed by atoms with van der Waals surface area (Å²) in [5.74, 6) is -1.58. The quantitative estimate of drug-likeness (QED) is 0.169. The fourth-order valence-electron chi connectivity index (χ4n) is 3.02. The van der Waals surface area contributed by atoms with Crippen molar-refractivity contribution < 1.29 is 43.7 Å². The summed E-state index contributed by atoms with van der Waals surface area (Å²) in [5, 5.41) is 0. The molecule has 0 bridgehead atoms. The van der Waals surface area contributed by atoms with Crippen molar-refractivity contribution in [3.63, 3.8) is 0 Å². The molecule has 0 radical (unpaired) electrons. The van der Waals surface area contributed by atoms with E-state index in [0.29, 0.717) is 29.5 Å². The van der Waals surface area contributed by atoms with Crippen molar-refractivity contribution in [1.82, 2.24) is 0 Å². The lowest BCUT2D eigenvalue weighted by Crippen LogP contribution is -2.32. The first-order chi connectivity index (χ1) is 19.7. The Morgan fingerprint density at radius 2 is 0.714 bits per heavy atom. The van der Waals surface area contributed by atoms with Crippen LogP contribution in [0, 0.1) is 0 Å². The van der Waals surface area contributed by atoms with Gasteiger partial charge in [0.25, 0.3) is 0 Å². The van der Waals surface area contributed by atoms with Crippen LogP contribution >= 0.6 is 0 Å². The van der Waals surface area contributed by atoms with Crippen LogP contribution in [0.15, 0.2) is 91.0 Å². The van der Waals surface area contributed by atoms with Crippen LogP contribution in [0.1, 0.15) is 92.4 Å². The normalized spacial score (nSPS) is 11.5. The molecule has 0 heterocycles. The van der Waals surface area contributed by atoms with Gasteiger partial charge in [0.15, 0.2) is 0 Å². The Kier molecular flexibility index (Phi) is 12.9. The predicted octanol–water partition coefficient (Wildman–Crippen LogP) is 7.47. The lowest BCUT2D eigenvalue weighted by atomic mass is 9.94. The summed E-state index contributed by atoms with van der Waals surface area (Å²) >= 11 is 0. The Morgan fingerprint density at radius 3 is 0.976 bits per heavy atom. The van der Waals surface area contributed by atoms with E-state index >= 15 is 0 Å². The first-order valence-corrected chi connectivity index (χ1v) is 13.5. The zero-order chi connectivity index (χ0) is 31.2. The smallest absolute Gasteiger partial charge is 0.292 e. The van der Waals surface area contributed by atoms with Gasteiger partial charge < -0.3 is 0 Å². The number of carbonyl (C=O) groups is 3. The fraction of sp³-hybridized carbons (Fsp3) is 0.364. The summed E-state index contributed by atoms with van der Waals surface area (Å²) < 4.78 is 0. The van der Waals surface area contributed by atoms with Gasteiger partial charge in [0.2, 0.25) is 0 Å². The second-order valence-electron chi connectivity index (χ2n) is 11.6. The first kappa shape index (κ1) is 34.2. The summed E-state index contributed by atoms with van der Waals surface area (Å²) in [4.78, 5) is 65.4. The van der Waals surface area contributed by atoms with E-state index < -0.39 is 34.7 Å². The van der Waals surface area contributed by atoms with Crippen LogP contribution in [0.3, 0.4) is 0 Å². The van der Waals surface area contributed by atoms with E-state index in [1.165, 1.54) is 0 Å². The molecule has 0 amide bonds. The van der Waals surface area contributed by atoms with Crippen LogP contribution in [0.25, 0.3) is 0 Å². The molecule has 0 aliphatic heterocycles. The predicted molar refractivity (Wildman–Crippen MR) is 156 cm³/mol. The Bertz CT molecular complexity index is 1180. The van der Waals surface area contributed by atoms with E-state index in [0.717, 1.165) is 0 Å². The Labute approximate surface area is 247 Å². The Balaban J connectivity index is 0.000000369. The molecule has 0 aliphatic carbocycles. The van der Waals surface area contributed by atoms with E-state index in [-0.39, 0.29) is 0 Å². The van der Waals surface area contributed by atoms with E-state index in [9.17, 15) is 14.4 Å². The molecule has 0 aliphatic rings. The molecule has 3 aromatic carbocycles.